The van der Waals surface area contributed by atoms with Crippen molar-refractivity contribution >= 4 is 33.4 Å². The van der Waals surface area contributed by atoms with Gasteiger partial charge in [-0.1, -0.05) is 47.1 Å². The first kappa shape index (κ1) is 24.1. The quantitative estimate of drug-likeness (QED) is 0.407. The number of halogens is 1. The molecule has 1 heterocycles. The highest BCUT2D eigenvalue weighted by atomic mass is 79.9. The molecule has 3 aliphatic carbocycles. The van der Waals surface area contributed by atoms with Gasteiger partial charge in [0, 0.05) is 34.6 Å². The molecule has 34 heavy (non-hydrogen) atoms. The summed E-state index contributed by atoms with van der Waals surface area (Å²) in [7, 11) is 0. The van der Waals surface area contributed by atoms with Crippen molar-refractivity contribution in [1.82, 2.24) is 4.90 Å². The number of anilines is 1. The molecule has 1 N–H and O–H groups in total. The van der Waals surface area contributed by atoms with E-state index in [0.29, 0.717) is 29.6 Å². The Balaban J connectivity index is 1.47. The highest BCUT2D eigenvalue weighted by molar-refractivity contribution is 9.10. The molecule has 2 saturated carbocycles. The molecular formula is C29H39BrN2O2. The first-order valence-corrected chi connectivity index (χ1v) is 13.9. The number of nitrogens with zero attached hydrogens (tertiary/aromatic N) is 1. The van der Waals surface area contributed by atoms with Crippen LogP contribution in [0, 0.1) is 28.6 Å². The number of amides is 2. The van der Waals surface area contributed by atoms with E-state index >= 15 is 0 Å². The van der Waals surface area contributed by atoms with E-state index in [1.807, 2.05) is 11.0 Å². The molecule has 5 rings (SSSR count). The van der Waals surface area contributed by atoms with E-state index in [4.69, 9.17) is 0 Å². The Morgan fingerprint density at radius 3 is 2.59 bits per heavy atom. The number of rotatable bonds is 1. The third-order valence-corrected chi connectivity index (χ3v) is 10.5. The minimum atomic E-state index is -0.111. The predicted molar refractivity (Wildman–Crippen MR) is 141 cm³/mol. The van der Waals surface area contributed by atoms with Gasteiger partial charge in [-0.2, -0.15) is 0 Å². The molecule has 1 aliphatic heterocycles. The highest BCUT2D eigenvalue weighted by Gasteiger charge is 2.58. The average Bonchev–Trinajstić information content (AvgIpc) is 3.16. The molecule has 184 valence electrons. The van der Waals surface area contributed by atoms with E-state index in [9.17, 15) is 9.59 Å². The van der Waals surface area contributed by atoms with Crippen LogP contribution in [0.4, 0.5) is 10.5 Å². The lowest BCUT2D eigenvalue weighted by Gasteiger charge is -2.59. The van der Waals surface area contributed by atoms with Gasteiger partial charge in [0.2, 0.25) is 0 Å². The number of benzene rings is 1. The topological polar surface area (TPSA) is 49.4 Å². The number of piperidine rings is 1. The first-order chi connectivity index (χ1) is 15.9. The molecule has 0 spiro atoms. The predicted octanol–water partition coefficient (Wildman–Crippen LogP) is 7.68. The van der Waals surface area contributed by atoms with Crippen molar-refractivity contribution in [1.29, 1.82) is 0 Å². The van der Waals surface area contributed by atoms with Crippen LogP contribution in [-0.2, 0) is 10.2 Å². The molecule has 4 aliphatic rings. The SMILES string of the molecule is CC(C)(C)c1ccc(NC(=O)N2C[C@H]3[C@@H]4CCC[C@@]4(C)CC[C@@H]3[C@@]3(C)CCC(=O)C=C23)c(Br)c1. The maximum atomic E-state index is 13.8. The van der Waals surface area contributed by atoms with Gasteiger partial charge in [-0.3, -0.25) is 9.69 Å². The fourth-order valence-electron chi connectivity index (χ4n) is 7.76. The summed E-state index contributed by atoms with van der Waals surface area (Å²) in [5.74, 6) is 1.90. The van der Waals surface area contributed by atoms with E-state index in [0.717, 1.165) is 28.8 Å². The first-order valence-electron chi connectivity index (χ1n) is 13.1. The van der Waals surface area contributed by atoms with Crippen LogP contribution < -0.4 is 5.32 Å². The van der Waals surface area contributed by atoms with Gasteiger partial charge in [0.15, 0.2) is 5.78 Å². The van der Waals surface area contributed by atoms with Crippen LogP contribution >= 0.6 is 15.9 Å². The number of likely N-dealkylation sites (tertiary alicyclic amines) is 1. The fraction of sp³-hybridized carbons (Fsp3) is 0.655. The number of hydrogen-bond donors (Lipinski definition) is 1. The zero-order valence-corrected chi connectivity index (χ0v) is 22.9. The molecule has 0 bridgehead atoms. The molecule has 5 heteroatoms. The van der Waals surface area contributed by atoms with Gasteiger partial charge in [0.1, 0.15) is 0 Å². The zero-order chi connectivity index (χ0) is 24.5. The van der Waals surface area contributed by atoms with Crippen molar-refractivity contribution in [2.75, 3.05) is 11.9 Å². The second-order valence-electron chi connectivity index (χ2n) is 12.9. The maximum absolute atomic E-state index is 13.8. The third kappa shape index (κ3) is 3.86. The van der Waals surface area contributed by atoms with Crippen molar-refractivity contribution in [3.05, 3.63) is 40.0 Å². The van der Waals surface area contributed by atoms with Gasteiger partial charge in [-0.05, 0) is 94.3 Å². The van der Waals surface area contributed by atoms with Gasteiger partial charge in [0.05, 0.1) is 5.69 Å². The number of nitrogens with one attached hydrogen (secondary N) is 1. The Kier molecular flexibility index (Phi) is 5.82. The lowest BCUT2D eigenvalue weighted by Crippen LogP contribution is -2.59. The molecule has 1 aromatic carbocycles. The number of ketones is 1. The van der Waals surface area contributed by atoms with Gasteiger partial charge < -0.3 is 5.32 Å². The standard InChI is InChI=1S/C29H39BrN2O2/c1-27(2,3)18-8-9-24(23(30)15-18)31-26(34)32-17-20-21-7-6-12-28(21,4)13-11-22(20)29(5)14-10-19(33)16-25(29)32/h8-9,15-16,20-22H,6-7,10-14,17H2,1-5H3,(H,31,34)/t20-,21-,22-,28-,29+/m0/s1. The summed E-state index contributed by atoms with van der Waals surface area (Å²) < 4.78 is 0.889. The van der Waals surface area contributed by atoms with Crippen LogP contribution in [0.3, 0.4) is 0 Å². The molecule has 0 aromatic heterocycles. The van der Waals surface area contributed by atoms with E-state index in [1.54, 1.807) is 6.08 Å². The van der Waals surface area contributed by atoms with Crippen LogP contribution in [-0.4, -0.2) is 23.3 Å². The summed E-state index contributed by atoms with van der Waals surface area (Å²) >= 11 is 3.68. The summed E-state index contributed by atoms with van der Waals surface area (Å²) in [5, 5.41) is 3.18. The van der Waals surface area contributed by atoms with Crippen molar-refractivity contribution in [2.24, 2.45) is 28.6 Å². The van der Waals surface area contributed by atoms with E-state index in [2.05, 4.69) is 68.0 Å². The summed E-state index contributed by atoms with van der Waals surface area (Å²) in [4.78, 5) is 28.3. The minimum Gasteiger partial charge on any atom is -0.306 e. The Morgan fingerprint density at radius 2 is 1.88 bits per heavy atom. The number of carbonyl (C=O) groups is 2. The lowest BCUT2D eigenvalue weighted by molar-refractivity contribution is -0.118. The minimum absolute atomic E-state index is 0.0386. The van der Waals surface area contributed by atoms with E-state index in [-0.39, 0.29) is 22.6 Å². The largest absolute Gasteiger partial charge is 0.326 e. The van der Waals surface area contributed by atoms with Crippen LogP contribution in [0.15, 0.2) is 34.4 Å². The van der Waals surface area contributed by atoms with Crippen molar-refractivity contribution in [3.63, 3.8) is 0 Å². The van der Waals surface area contributed by atoms with Crippen LogP contribution in [0.25, 0.3) is 0 Å². The molecule has 0 unspecified atom stereocenters. The van der Waals surface area contributed by atoms with Gasteiger partial charge in [-0.15, -0.1) is 0 Å². The van der Waals surface area contributed by atoms with Gasteiger partial charge >= 0.3 is 6.03 Å². The Bertz CT molecular complexity index is 1060. The van der Waals surface area contributed by atoms with Gasteiger partial charge in [0.25, 0.3) is 0 Å². The average molecular weight is 528 g/mol. The summed E-state index contributed by atoms with van der Waals surface area (Å²) in [6.45, 7) is 12.1. The molecule has 1 aromatic rings. The Morgan fingerprint density at radius 1 is 1.12 bits per heavy atom. The summed E-state index contributed by atoms with van der Waals surface area (Å²) in [6.07, 6.45) is 9.65. The van der Waals surface area contributed by atoms with E-state index in [1.165, 1.54) is 37.7 Å². The molecule has 5 atom stereocenters. The van der Waals surface area contributed by atoms with Crippen LogP contribution in [0.1, 0.15) is 85.1 Å². The fourth-order valence-corrected chi connectivity index (χ4v) is 8.23. The smallest absolute Gasteiger partial charge is 0.306 e. The second kappa shape index (κ2) is 8.21. The van der Waals surface area contributed by atoms with Crippen LogP contribution in [0.5, 0.6) is 0 Å². The molecule has 0 radical (unpaired) electrons. The maximum Gasteiger partial charge on any atom is 0.326 e. The second-order valence-corrected chi connectivity index (χ2v) is 13.7. The Labute approximate surface area is 213 Å². The Hall–Kier alpha value is -1.62. The summed E-state index contributed by atoms with van der Waals surface area (Å²) in [5.41, 5.74) is 3.29. The number of hydrogen-bond acceptors (Lipinski definition) is 2. The molecule has 4 nitrogen and oxygen atoms in total. The molecule has 2 amide bonds. The van der Waals surface area contributed by atoms with Crippen molar-refractivity contribution in [2.45, 2.75) is 85.0 Å². The van der Waals surface area contributed by atoms with Crippen LogP contribution in [0.2, 0.25) is 0 Å². The highest BCUT2D eigenvalue weighted by Crippen LogP contribution is 2.64. The number of urea groups is 1. The van der Waals surface area contributed by atoms with Crippen molar-refractivity contribution in [3.8, 4) is 0 Å². The molecule has 3 fully saturated rings. The normalized spacial score (nSPS) is 35.2. The number of allylic oxidation sites excluding steroid dienone is 2. The number of carbonyl (C=O) groups excluding carboxylic acids is 2. The molecule has 1 saturated heterocycles. The number of fused-ring (bicyclic) bond motifs is 5. The van der Waals surface area contributed by atoms with E-state index < -0.39 is 0 Å². The molecular weight excluding hydrogens is 488 g/mol. The third-order valence-electron chi connectivity index (χ3n) is 9.82. The summed E-state index contributed by atoms with van der Waals surface area (Å²) in [6, 6.07) is 6.06. The van der Waals surface area contributed by atoms with Crippen molar-refractivity contribution < 1.29 is 9.59 Å². The monoisotopic (exact) mass is 526 g/mol. The zero-order valence-electron chi connectivity index (χ0n) is 21.3. The lowest BCUT2D eigenvalue weighted by atomic mass is 9.50. The van der Waals surface area contributed by atoms with Gasteiger partial charge in [-0.25, -0.2) is 4.79 Å².